The molecule has 3 rings (SSSR count). The van der Waals surface area contributed by atoms with Gasteiger partial charge in [-0.25, -0.2) is 0 Å². The second-order valence-corrected chi connectivity index (χ2v) is 4.44. The zero-order valence-electron chi connectivity index (χ0n) is 10.1. The van der Waals surface area contributed by atoms with E-state index < -0.39 is 4.92 Å². The van der Waals surface area contributed by atoms with Crippen molar-refractivity contribution in [3.63, 3.8) is 0 Å². The van der Waals surface area contributed by atoms with E-state index in [0.717, 1.165) is 12.8 Å². The third-order valence-corrected chi connectivity index (χ3v) is 2.94. The Morgan fingerprint density at radius 2 is 2.16 bits per heavy atom. The Hall–Kier alpha value is -2.44. The third-order valence-electron chi connectivity index (χ3n) is 2.94. The Labute approximate surface area is 108 Å². The van der Waals surface area contributed by atoms with Crippen LogP contribution in [0.4, 0.5) is 11.4 Å². The molecule has 7 nitrogen and oxygen atoms in total. The lowest BCUT2D eigenvalue weighted by molar-refractivity contribution is -0.384. The minimum absolute atomic E-state index is 0.0319. The van der Waals surface area contributed by atoms with E-state index in [1.165, 1.54) is 6.07 Å². The van der Waals surface area contributed by atoms with Crippen LogP contribution in [0.2, 0.25) is 0 Å². The highest BCUT2D eigenvalue weighted by Gasteiger charge is 2.29. The first-order chi connectivity index (χ1) is 9.24. The predicted octanol–water partition coefficient (Wildman–Crippen LogP) is 2.47. The number of nitrogens with one attached hydrogen (secondary N) is 1. The smallest absolute Gasteiger partial charge is 0.292 e. The summed E-state index contributed by atoms with van der Waals surface area (Å²) in [4.78, 5) is 10.4. The number of hydrogen-bond donors (Lipinski definition) is 1. The van der Waals surface area contributed by atoms with Crippen LogP contribution in [0.25, 0.3) is 0 Å². The summed E-state index contributed by atoms with van der Waals surface area (Å²) in [5.41, 5.74) is 0.475. The summed E-state index contributed by atoms with van der Waals surface area (Å²) in [5, 5.41) is 21.7. The molecular weight excluding hydrogens is 248 g/mol. The SMILES string of the molecule is O=[N+]([O-])c1ccccc1NCc1nnc(C2CC2)o1. The number of anilines is 1. The number of benzene rings is 1. The minimum Gasteiger partial charge on any atom is -0.423 e. The van der Waals surface area contributed by atoms with Crippen molar-refractivity contribution in [3.8, 4) is 0 Å². The maximum atomic E-state index is 10.8. The van der Waals surface area contributed by atoms with Crippen LogP contribution in [0.5, 0.6) is 0 Å². The molecule has 0 radical (unpaired) electrons. The highest BCUT2D eigenvalue weighted by Crippen LogP contribution is 2.39. The lowest BCUT2D eigenvalue weighted by Gasteiger charge is -2.03. The second-order valence-electron chi connectivity index (χ2n) is 4.44. The fraction of sp³-hybridized carbons (Fsp3) is 0.333. The Kier molecular flexibility index (Phi) is 2.86. The van der Waals surface area contributed by atoms with Crippen LogP contribution in [-0.2, 0) is 6.54 Å². The van der Waals surface area contributed by atoms with Gasteiger partial charge in [-0.3, -0.25) is 10.1 Å². The van der Waals surface area contributed by atoms with Crippen LogP contribution >= 0.6 is 0 Å². The molecule has 0 unspecified atom stereocenters. The van der Waals surface area contributed by atoms with E-state index in [9.17, 15) is 10.1 Å². The van der Waals surface area contributed by atoms with Gasteiger partial charge in [-0.05, 0) is 18.9 Å². The summed E-state index contributed by atoms with van der Waals surface area (Å²) >= 11 is 0. The topological polar surface area (TPSA) is 94.1 Å². The number of nitro benzene ring substituents is 1. The summed E-state index contributed by atoms with van der Waals surface area (Å²) < 4.78 is 5.48. The zero-order valence-corrected chi connectivity index (χ0v) is 10.1. The van der Waals surface area contributed by atoms with Crippen LogP contribution in [0.15, 0.2) is 28.7 Å². The molecule has 1 aliphatic rings. The molecule has 0 bridgehead atoms. The first-order valence-corrected chi connectivity index (χ1v) is 6.03. The van der Waals surface area contributed by atoms with Crippen molar-refractivity contribution in [1.29, 1.82) is 0 Å². The molecule has 19 heavy (non-hydrogen) atoms. The molecule has 7 heteroatoms. The molecule has 1 N–H and O–H groups in total. The predicted molar refractivity (Wildman–Crippen MR) is 66.7 cm³/mol. The molecule has 0 atom stereocenters. The first kappa shape index (κ1) is 11.6. The summed E-state index contributed by atoms with van der Waals surface area (Å²) in [6.07, 6.45) is 2.19. The molecule has 98 valence electrons. The number of aromatic nitrogens is 2. The van der Waals surface area contributed by atoms with Crippen molar-refractivity contribution >= 4 is 11.4 Å². The van der Waals surface area contributed by atoms with Gasteiger partial charge in [-0.1, -0.05) is 12.1 Å². The fourth-order valence-electron chi connectivity index (χ4n) is 1.79. The van der Waals surface area contributed by atoms with Crippen LogP contribution < -0.4 is 5.32 Å². The monoisotopic (exact) mass is 260 g/mol. The number of hydrogen-bond acceptors (Lipinski definition) is 6. The largest absolute Gasteiger partial charge is 0.423 e. The van der Waals surface area contributed by atoms with Gasteiger partial charge in [0.05, 0.1) is 11.5 Å². The second kappa shape index (κ2) is 4.68. The number of para-hydroxylation sites is 2. The van der Waals surface area contributed by atoms with Gasteiger partial charge < -0.3 is 9.73 Å². The van der Waals surface area contributed by atoms with Crippen LogP contribution in [0.3, 0.4) is 0 Å². The Bertz CT molecular complexity index is 607. The molecule has 0 amide bonds. The van der Waals surface area contributed by atoms with E-state index in [4.69, 9.17) is 4.42 Å². The highest BCUT2D eigenvalue weighted by atomic mass is 16.6. The molecule has 2 aromatic rings. The van der Waals surface area contributed by atoms with E-state index in [1.54, 1.807) is 18.2 Å². The molecule has 1 fully saturated rings. The first-order valence-electron chi connectivity index (χ1n) is 6.03. The highest BCUT2D eigenvalue weighted by molar-refractivity contribution is 5.60. The van der Waals surface area contributed by atoms with E-state index in [0.29, 0.717) is 23.4 Å². The molecule has 1 saturated carbocycles. The van der Waals surface area contributed by atoms with Gasteiger partial charge in [0.1, 0.15) is 5.69 Å². The Morgan fingerprint density at radius 1 is 1.37 bits per heavy atom. The number of nitro groups is 1. The van der Waals surface area contributed by atoms with Crippen molar-refractivity contribution < 1.29 is 9.34 Å². The molecule has 1 aromatic heterocycles. The molecule has 1 aliphatic carbocycles. The minimum atomic E-state index is -0.425. The van der Waals surface area contributed by atoms with Crippen molar-refractivity contribution in [3.05, 3.63) is 46.2 Å². The normalized spacial score (nSPS) is 14.3. The van der Waals surface area contributed by atoms with Crippen molar-refractivity contribution in [1.82, 2.24) is 10.2 Å². The summed E-state index contributed by atoms with van der Waals surface area (Å²) in [6.45, 7) is 0.282. The third kappa shape index (κ3) is 2.54. The lowest BCUT2D eigenvalue weighted by Crippen LogP contribution is -2.02. The van der Waals surface area contributed by atoms with Gasteiger partial charge in [0.25, 0.3) is 5.69 Å². The average Bonchev–Trinajstić information content (AvgIpc) is 3.16. The van der Waals surface area contributed by atoms with Crippen molar-refractivity contribution in [2.75, 3.05) is 5.32 Å². The van der Waals surface area contributed by atoms with Gasteiger partial charge in [-0.2, -0.15) is 0 Å². The summed E-state index contributed by atoms with van der Waals surface area (Å²) in [6, 6.07) is 6.46. The zero-order chi connectivity index (χ0) is 13.2. The standard InChI is InChI=1S/C12H12N4O3/c17-16(18)10-4-2-1-3-9(10)13-7-11-14-15-12(19-11)8-5-6-8/h1-4,8,13H,5-7H2. The molecule has 1 aromatic carbocycles. The van der Waals surface area contributed by atoms with E-state index in [1.807, 2.05) is 0 Å². The van der Waals surface area contributed by atoms with Gasteiger partial charge in [0.2, 0.25) is 11.8 Å². The summed E-state index contributed by atoms with van der Waals surface area (Å²) in [5.74, 6) is 1.52. The number of nitrogens with zero attached hydrogens (tertiary/aromatic N) is 3. The van der Waals surface area contributed by atoms with E-state index in [-0.39, 0.29) is 12.2 Å². The van der Waals surface area contributed by atoms with Crippen LogP contribution in [-0.4, -0.2) is 15.1 Å². The molecular formula is C12H12N4O3. The maximum Gasteiger partial charge on any atom is 0.292 e. The Morgan fingerprint density at radius 3 is 2.89 bits per heavy atom. The van der Waals surface area contributed by atoms with Gasteiger partial charge in [0, 0.05) is 12.0 Å². The van der Waals surface area contributed by atoms with Crippen molar-refractivity contribution in [2.24, 2.45) is 0 Å². The van der Waals surface area contributed by atoms with Gasteiger partial charge >= 0.3 is 0 Å². The van der Waals surface area contributed by atoms with Gasteiger partial charge in [0.15, 0.2) is 0 Å². The van der Waals surface area contributed by atoms with Gasteiger partial charge in [-0.15, -0.1) is 10.2 Å². The van der Waals surface area contributed by atoms with E-state index in [2.05, 4.69) is 15.5 Å². The molecule has 0 spiro atoms. The molecule has 1 heterocycles. The Balaban J connectivity index is 1.69. The quantitative estimate of drug-likeness (QED) is 0.655. The van der Waals surface area contributed by atoms with Crippen molar-refractivity contribution in [2.45, 2.75) is 25.3 Å². The summed E-state index contributed by atoms with van der Waals surface area (Å²) in [7, 11) is 0. The lowest BCUT2D eigenvalue weighted by atomic mass is 10.2. The van der Waals surface area contributed by atoms with Crippen LogP contribution in [0.1, 0.15) is 30.5 Å². The van der Waals surface area contributed by atoms with E-state index >= 15 is 0 Å². The average molecular weight is 260 g/mol. The molecule has 0 saturated heterocycles. The van der Waals surface area contributed by atoms with Crippen LogP contribution in [0, 0.1) is 10.1 Å². The molecule has 0 aliphatic heterocycles. The maximum absolute atomic E-state index is 10.8. The fourth-order valence-corrected chi connectivity index (χ4v) is 1.79. The number of rotatable bonds is 5.